The molecule has 0 aliphatic heterocycles. The maximum absolute atomic E-state index is 8.88. The molecule has 0 radical (unpaired) electrons. The van der Waals surface area contributed by atoms with Gasteiger partial charge in [0.2, 0.25) is 0 Å². The Hall–Kier alpha value is 1.70. The Balaban J connectivity index is -0.0000000457. The predicted molar refractivity (Wildman–Crippen MR) is 41.2 cm³/mol. The first-order chi connectivity index (χ1) is 4.00. The van der Waals surface area contributed by atoms with Crippen molar-refractivity contribution in [2.75, 3.05) is 0 Å². The molecule has 0 unspecified atom stereocenters. The van der Waals surface area contributed by atoms with Gasteiger partial charge >= 0.3 is 45.6 Å². The van der Waals surface area contributed by atoms with Gasteiger partial charge < -0.3 is 33.9 Å². The third-order valence-electron chi connectivity index (χ3n) is 0. The zero-order chi connectivity index (χ0) is 9.00. The second-order valence-corrected chi connectivity index (χ2v) is 2.95. The molecule has 0 spiro atoms. The molecule has 12 heavy (non-hydrogen) atoms. The van der Waals surface area contributed by atoms with Crippen LogP contribution in [0.25, 0.3) is 0 Å². The fourth-order valence-corrected chi connectivity index (χ4v) is 0. The van der Waals surface area contributed by atoms with Crippen molar-refractivity contribution in [3.8, 4) is 0 Å². The van der Waals surface area contributed by atoms with Crippen LogP contribution in [0.2, 0.25) is 0 Å². The first-order valence-corrected chi connectivity index (χ1v) is 4.59. The van der Waals surface area contributed by atoms with E-state index in [4.69, 9.17) is 38.5 Å². The monoisotopic (exact) mass is 266 g/mol. The van der Waals surface area contributed by atoms with Gasteiger partial charge in [0.25, 0.3) is 0 Å². The maximum Gasteiger partial charge on any atom is 2.00 e. The second kappa shape index (κ2) is 9.26. The average Bonchev–Trinajstić information content (AvgIpc) is 1.12. The summed E-state index contributed by atoms with van der Waals surface area (Å²) in [7, 11) is -9.78. The van der Waals surface area contributed by atoms with Crippen LogP contribution in [0.15, 0.2) is 0 Å². The van der Waals surface area contributed by atoms with Crippen molar-refractivity contribution in [1.29, 1.82) is 0 Å². The summed E-state index contributed by atoms with van der Waals surface area (Å²) < 4.78 is 17.5. The van der Waals surface area contributed by atoms with E-state index in [0.29, 0.717) is 0 Å². The molecule has 0 aliphatic rings. The number of hydrogen-bond acceptors (Lipinski definition) is 4. The molecule has 0 aromatic carbocycles. The molecule has 0 aromatic rings. The number of hydrogen-bond donors (Lipinski definition) is 4. The Bertz CT molecular complexity index is 129. The van der Waals surface area contributed by atoms with Crippen molar-refractivity contribution in [2.45, 2.75) is 0 Å². The van der Waals surface area contributed by atoms with Crippen LogP contribution < -0.4 is 9.79 Å². The number of phosphoric acid groups is 2. The summed E-state index contributed by atoms with van der Waals surface area (Å²) in [5, 5.41) is 0. The summed E-state index contributed by atoms with van der Waals surface area (Å²) in [5.41, 5.74) is 0. The van der Waals surface area contributed by atoms with Crippen molar-refractivity contribution in [3.63, 3.8) is 0 Å². The van der Waals surface area contributed by atoms with Crippen LogP contribution >= 0.6 is 15.6 Å². The Morgan fingerprint density at radius 2 is 0.917 bits per heavy atom. The second-order valence-electron chi connectivity index (χ2n) is 0.982. The Labute approximate surface area is 102 Å². The van der Waals surface area contributed by atoms with Gasteiger partial charge in [-0.3, -0.25) is 0 Å². The fourth-order valence-electron chi connectivity index (χ4n) is 0. The average molecular weight is 266 g/mol. The van der Waals surface area contributed by atoms with E-state index in [0.717, 1.165) is 0 Å². The van der Waals surface area contributed by atoms with Crippen LogP contribution in [0.4, 0.5) is 0 Å². The molecule has 0 fully saturated rings. The van der Waals surface area contributed by atoms with Crippen molar-refractivity contribution < 1.29 is 38.5 Å². The molecule has 0 saturated heterocycles. The van der Waals surface area contributed by atoms with Gasteiger partial charge in [0.15, 0.2) is 0 Å². The molecule has 0 aromatic heterocycles. The van der Waals surface area contributed by atoms with Gasteiger partial charge in [0, 0.05) is 0 Å². The summed E-state index contributed by atoms with van der Waals surface area (Å²) in [6, 6.07) is 0. The van der Waals surface area contributed by atoms with E-state index in [2.05, 4.69) is 0 Å². The Morgan fingerprint density at radius 3 is 0.917 bits per heavy atom. The molecule has 0 heterocycles. The van der Waals surface area contributed by atoms with Gasteiger partial charge in [-0.25, -0.2) is 4.57 Å². The molecule has 4 N–H and O–H groups in total. The molecule has 72 valence electrons. The van der Waals surface area contributed by atoms with Crippen molar-refractivity contribution in [2.24, 2.45) is 0 Å². The van der Waals surface area contributed by atoms with Gasteiger partial charge in [0.05, 0.1) is 7.82 Å². The van der Waals surface area contributed by atoms with E-state index in [9.17, 15) is 0 Å². The van der Waals surface area contributed by atoms with Gasteiger partial charge in [0.1, 0.15) is 0 Å². The van der Waals surface area contributed by atoms with Crippen LogP contribution in [-0.2, 0) is 9.13 Å². The largest absolute Gasteiger partial charge is 2.00 e. The van der Waals surface area contributed by atoms with E-state index in [1.54, 1.807) is 0 Å². The normalized spacial score (nSPS) is 9.83. The minimum atomic E-state index is -5.14. The summed E-state index contributed by atoms with van der Waals surface area (Å²) in [5.74, 6) is 0. The molecule has 0 bridgehead atoms. The molecule has 0 rings (SSSR count). The Kier molecular flexibility index (Phi) is 18.1. The van der Waals surface area contributed by atoms with E-state index < -0.39 is 15.6 Å². The minimum Gasteiger partial charge on any atom is -0.790 e. The fraction of sp³-hybridized carbons (Fsp3) is 0. The van der Waals surface area contributed by atoms with Crippen LogP contribution in [-0.4, -0.2) is 68.3 Å². The predicted octanol–water partition coefficient (Wildman–Crippen LogP) is -4.95. The third-order valence-corrected chi connectivity index (χ3v) is 0. The summed E-state index contributed by atoms with van der Waals surface area (Å²) >= 11 is 0. The topological polar surface area (TPSA) is 161 Å². The SMILES string of the molecule is O=P(O)(O)O.O=P([O-])([O-])O.[Ca+2].[SiH4]. The Morgan fingerprint density at radius 1 is 0.917 bits per heavy atom. The molecule has 0 amide bonds. The zero-order valence-electron chi connectivity index (χ0n) is 5.02. The van der Waals surface area contributed by atoms with Crippen LogP contribution in [0.5, 0.6) is 0 Å². The smallest absolute Gasteiger partial charge is 0.790 e. The maximum atomic E-state index is 8.88. The van der Waals surface area contributed by atoms with Gasteiger partial charge in [-0.2, -0.15) is 0 Å². The summed E-state index contributed by atoms with van der Waals surface area (Å²) in [6.07, 6.45) is 0. The zero-order valence-corrected chi connectivity index (χ0v) is 9.02. The van der Waals surface area contributed by atoms with E-state index in [1.807, 2.05) is 0 Å². The third kappa shape index (κ3) is 465. The van der Waals surface area contributed by atoms with E-state index >= 15 is 0 Å². The first-order valence-electron chi connectivity index (χ1n) is 1.53. The molecule has 0 atom stereocenters. The molecule has 12 heteroatoms. The molecular formula is H8CaO8P2Si. The molecule has 0 aliphatic carbocycles. The van der Waals surface area contributed by atoms with Crippen molar-refractivity contribution in [1.82, 2.24) is 0 Å². The van der Waals surface area contributed by atoms with Gasteiger partial charge in [-0.1, -0.05) is 0 Å². The van der Waals surface area contributed by atoms with E-state index in [-0.39, 0.29) is 48.7 Å². The van der Waals surface area contributed by atoms with Gasteiger partial charge in [-0.05, 0) is 11.0 Å². The van der Waals surface area contributed by atoms with E-state index in [1.165, 1.54) is 0 Å². The van der Waals surface area contributed by atoms with Crippen molar-refractivity contribution in [3.05, 3.63) is 0 Å². The molecule has 8 nitrogen and oxygen atoms in total. The quantitative estimate of drug-likeness (QED) is 0.250. The minimum absolute atomic E-state index is 0. The first kappa shape index (κ1) is 23.5. The molecular weight excluding hydrogens is 258 g/mol. The van der Waals surface area contributed by atoms with Crippen molar-refractivity contribution >= 4 is 64.3 Å². The van der Waals surface area contributed by atoms with Gasteiger partial charge in [-0.15, -0.1) is 0 Å². The summed E-state index contributed by atoms with van der Waals surface area (Å²) in [4.78, 5) is 45.8. The molecule has 0 saturated carbocycles. The van der Waals surface area contributed by atoms with Crippen LogP contribution in [0.3, 0.4) is 0 Å². The summed E-state index contributed by atoms with van der Waals surface area (Å²) in [6.45, 7) is 0. The number of rotatable bonds is 0. The van der Waals surface area contributed by atoms with Crippen LogP contribution in [0, 0.1) is 0 Å². The standard InChI is InChI=1S/Ca.2H3O4P.H4Si/c;2*1-5(2,3)4;/h;2*(H3,1,2,3,4);1H4/q+2;;;/p-2. The van der Waals surface area contributed by atoms with Crippen LogP contribution in [0.1, 0.15) is 0 Å².